The molecule has 0 fully saturated rings. The maximum atomic E-state index is 5.67. The zero-order valence-corrected chi connectivity index (χ0v) is 15.2. The molecule has 0 spiro atoms. The Balaban J connectivity index is 2.00. The molecule has 1 aromatic heterocycles. The van der Waals surface area contributed by atoms with Gasteiger partial charge in [-0.2, -0.15) is 0 Å². The van der Waals surface area contributed by atoms with E-state index >= 15 is 0 Å². The first-order chi connectivity index (χ1) is 9.56. The number of ether oxygens (including phenoxy) is 2. The Morgan fingerprint density at radius 2 is 1.75 bits per heavy atom. The van der Waals surface area contributed by atoms with Gasteiger partial charge in [-0.1, -0.05) is 31.9 Å². The molecule has 0 amide bonds. The van der Waals surface area contributed by atoms with Crippen LogP contribution in [0.5, 0.6) is 11.5 Å². The first-order valence-electron chi connectivity index (χ1n) is 6.36. The molecule has 0 aliphatic carbocycles. The molecule has 0 saturated carbocycles. The molecule has 1 aliphatic heterocycles. The van der Waals surface area contributed by atoms with Crippen molar-refractivity contribution < 1.29 is 9.47 Å². The summed E-state index contributed by atoms with van der Waals surface area (Å²) in [5, 5.41) is 0. The molecular weight excluding hydrogens is 404 g/mol. The minimum atomic E-state index is 0.158. The number of fused-ring (bicyclic) bond motifs is 1. The van der Waals surface area contributed by atoms with Crippen molar-refractivity contribution >= 4 is 43.2 Å². The standard InChI is InChI=1S/C15H14Br2O2S/c1-8-5-14(20-9(8)2)15(17)10-6-12-13(7-11(10)16)19-4-3-18-12/h5-7,15H,3-4H2,1-2H3. The molecule has 5 heteroatoms. The molecule has 0 N–H and O–H groups in total. The van der Waals surface area contributed by atoms with Crippen molar-refractivity contribution in [1.29, 1.82) is 0 Å². The van der Waals surface area contributed by atoms with Crippen molar-refractivity contribution in [2.45, 2.75) is 18.7 Å². The lowest BCUT2D eigenvalue weighted by Gasteiger charge is -2.21. The van der Waals surface area contributed by atoms with E-state index in [9.17, 15) is 0 Å². The molecule has 20 heavy (non-hydrogen) atoms. The number of benzene rings is 1. The van der Waals surface area contributed by atoms with Crippen molar-refractivity contribution in [1.82, 2.24) is 0 Å². The third-order valence-corrected chi connectivity index (χ3v) is 6.56. The van der Waals surface area contributed by atoms with Crippen LogP contribution in [-0.4, -0.2) is 13.2 Å². The van der Waals surface area contributed by atoms with Crippen LogP contribution < -0.4 is 9.47 Å². The second kappa shape index (κ2) is 5.70. The lowest BCUT2D eigenvalue weighted by molar-refractivity contribution is 0.171. The zero-order chi connectivity index (χ0) is 14.3. The SMILES string of the molecule is Cc1cc(C(Br)c2cc3c(cc2Br)OCCO3)sc1C. The van der Waals surface area contributed by atoms with Gasteiger partial charge in [0.2, 0.25) is 0 Å². The molecule has 2 heterocycles. The summed E-state index contributed by atoms with van der Waals surface area (Å²) in [5.74, 6) is 1.63. The monoisotopic (exact) mass is 416 g/mol. The highest BCUT2D eigenvalue weighted by atomic mass is 79.9. The van der Waals surface area contributed by atoms with E-state index in [0.29, 0.717) is 13.2 Å². The summed E-state index contributed by atoms with van der Waals surface area (Å²) in [6, 6.07) is 6.29. The number of alkyl halides is 1. The second-order valence-corrected chi connectivity index (χ2v) is 7.83. The molecule has 2 aromatic rings. The van der Waals surface area contributed by atoms with E-state index in [1.807, 2.05) is 17.4 Å². The van der Waals surface area contributed by atoms with Gasteiger partial charge in [-0.15, -0.1) is 11.3 Å². The Morgan fingerprint density at radius 1 is 1.10 bits per heavy atom. The van der Waals surface area contributed by atoms with Gasteiger partial charge >= 0.3 is 0 Å². The molecule has 106 valence electrons. The summed E-state index contributed by atoms with van der Waals surface area (Å²) in [4.78, 5) is 2.82. The smallest absolute Gasteiger partial charge is 0.162 e. The van der Waals surface area contributed by atoms with E-state index in [2.05, 4.69) is 57.8 Å². The number of hydrogen-bond donors (Lipinski definition) is 0. The van der Waals surface area contributed by atoms with E-state index in [1.165, 1.54) is 15.3 Å². The molecule has 1 aliphatic rings. The normalized spacial score (nSPS) is 15.2. The quantitative estimate of drug-likeness (QED) is 0.610. The summed E-state index contributed by atoms with van der Waals surface area (Å²) in [5.41, 5.74) is 2.50. The highest BCUT2D eigenvalue weighted by Crippen LogP contribution is 2.44. The van der Waals surface area contributed by atoms with Gasteiger partial charge in [0.05, 0.1) is 4.83 Å². The highest BCUT2D eigenvalue weighted by Gasteiger charge is 2.21. The van der Waals surface area contributed by atoms with Gasteiger partial charge in [0.1, 0.15) is 13.2 Å². The van der Waals surface area contributed by atoms with Gasteiger partial charge in [0.25, 0.3) is 0 Å². The van der Waals surface area contributed by atoms with E-state index < -0.39 is 0 Å². The average Bonchev–Trinajstić information content (AvgIpc) is 2.77. The number of aryl methyl sites for hydroxylation is 2. The Kier molecular flexibility index (Phi) is 4.11. The van der Waals surface area contributed by atoms with Crippen LogP contribution in [0.25, 0.3) is 0 Å². The molecule has 1 atom stereocenters. The topological polar surface area (TPSA) is 18.5 Å². The maximum absolute atomic E-state index is 5.67. The fraction of sp³-hybridized carbons (Fsp3) is 0.333. The summed E-state index contributed by atoms with van der Waals surface area (Å²) >= 11 is 9.27. The third-order valence-electron chi connectivity index (χ3n) is 3.37. The Labute approximate surface area is 139 Å². The van der Waals surface area contributed by atoms with E-state index in [-0.39, 0.29) is 4.83 Å². The minimum absolute atomic E-state index is 0.158. The molecular formula is C15H14Br2O2S. The van der Waals surface area contributed by atoms with E-state index in [0.717, 1.165) is 21.5 Å². The van der Waals surface area contributed by atoms with Crippen molar-refractivity contribution in [3.8, 4) is 11.5 Å². The van der Waals surface area contributed by atoms with Gasteiger partial charge in [-0.3, -0.25) is 0 Å². The van der Waals surface area contributed by atoms with Crippen molar-refractivity contribution in [2.75, 3.05) is 13.2 Å². The Hall–Kier alpha value is -0.520. The molecule has 1 aromatic carbocycles. The van der Waals surface area contributed by atoms with Gasteiger partial charge in [-0.05, 0) is 43.2 Å². The number of hydrogen-bond acceptors (Lipinski definition) is 3. The second-order valence-electron chi connectivity index (χ2n) is 4.77. The fourth-order valence-electron chi connectivity index (χ4n) is 2.15. The highest BCUT2D eigenvalue weighted by molar-refractivity contribution is 9.11. The minimum Gasteiger partial charge on any atom is -0.486 e. The fourth-order valence-corrected chi connectivity index (χ4v) is 4.84. The van der Waals surface area contributed by atoms with Crippen LogP contribution >= 0.6 is 43.2 Å². The molecule has 1 unspecified atom stereocenters. The van der Waals surface area contributed by atoms with E-state index in [1.54, 1.807) is 0 Å². The number of halogens is 2. The van der Waals surface area contributed by atoms with Crippen LogP contribution in [0.4, 0.5) is 0 Å². The molecule has 0 bridgehead atoms. The Bertz CT molecular complexity index is 632. The Morgan fingerprint density at radius 3 is 2.35 bits per heavy atom. The predicted octanol–water partition coefficient (Wildman–Crippen LogP) is 5.38. The lowest BCUT2D eigenvalue weighted by Crippen LogP contribution is -2.15. The van der Waals surface area contributed by atoms with Crippen LogP contribution in [0.2, 0.25) is 0 Å². The van der Waals surface area contributed by atoms with Gasteiger partial charge in [-0.25, -0.2) is 0 Å². The maximum Gasteiger partial charge on any atom is 0.162 e. The first kappa shape index (κ1) is 14.4. The lowest BCUT2D eigenvalue weighted by atomic mass is 10.1. The number of rotatable bonds is 2. The van der Waals surface area contributed by atoms with Crippen LogP contribution in [-0.2, 0) is 0 Å². The molecule has 0 radical (unpaired) electrons. The largest absolute Gasteiger partial charge is 0.486 e. The molecule has 2 nitrogen and oxygen atoms in total. The van der Waals surface area contributed by atoms with Gasteiger partial charge in [0.15, 0.2) is 11.5 Å². The summed E-state index contributed by atoms with van der Waals surface area (Å²) in [7, 11) is 0. The first-order valence-corrected chi connectivity index (χ1v) is 8.89. The summed E-state index contributed by atoms with van der Waals surface area (Å²) < 4.78 is 12.3. The van der Waals surface area contributed by atoms with Crippen LogP contribution in [0, 0.1) is 13.8 Å². The van der Waals surface area contributed by atoms with Gasteiger partial charge < -0.3 is 9.47 Å². The average molecular weight is 418 g/mol. The van der Waals surface area contributed by atoms with Crippen molar-refractivity contribution in [3.63, 3.8) is 0 Å². The van der Waals surface area contributed by atoms with Crippen molar-refractivity contribution in [2.24, 2.45) is 0 Å². The zero-order valence-electron chi connectivity index (χ0n) is 11.2. The summed E-state index contributed by atoms with van der Waals surface area (Å²) in [6.45, 7) is 5.52. The summed E-state index contributed by atoms with van der Waals surface area (Å²) in [6.07, 6.45) is 0. The van der Waals surface area contributed by atoms with Crippen molar-refractivity contribution in [3.05, 3.63) is 43.6 Å². The van der Waals surface area contributed by atoms with Crippen LogP contribution in [0.15, 0.2) is 22.7 Å². The van der Waals surface area contributed by atoms with Crippen LogP contribution in [0.3, 0.4) is 0 Å². The third kappa shape index (κ3) is 2.63. The number of thiophene rings is 1. The van der Waals surface area contributed by atoms with E-state index in [4.69, 9.17) is 9.47 Å². The molecule has 0 saturated heterocycles. The van der Waals surface area contributed by atoms with Gasteiger partial charge in [0, 0.05) is 14.2 Å². The van der Waals surface area contributed by atoms with Crippen LogP contribution in [0.1, 0.15) is 25.7 Å². The molecule has 3 rings (SSSR count). The predicted molar refractivity (Wildman–Crippen MR) is 89.7 cm³/mol.